The lowest BCUT2D eigenvalue weighted by Gasteiger charge is -2.23. The number of rotatable bonds is 4. The Morgan fingerprint density at radius 2 is 2.25 bits per heavy atom. The van der Waals surface area contributed by atoms with Crippen LogP contribution in [-0.4, -0.2) is 25.7 Å². The smallest absolute Gasteiger partial charge is 0.0195 e. The van der Waals surface area contributed by atoms with Gasteiger partial charge >= 0.3 is 0 Å². The van der Waals surface area contributed by atoms with Crippen molar-refractivity contribution in [2.75, 3.05) is 19.6 Å². The number of allylic oxidation sites excluding steroid dienone is 2. The number of hydrogen-bond acceptors (Lipinski definition) is 2. The molecule has 0 aromatic carbocycles. The molecule has 1 atom stereocenters. The molecule has 12 heavy (non-hydrogen) atoms. The monoisotopic (exact) mass is 168 g/mol. The molecule has 1 saturated heterocycles. The van der Waals surface area contributed by atoms with Crippen molar-refractivity contribution in [3.05, 3.63) is 12.2 Å². The van der Waals surface area contributed by atoms with Crippen molar-refractivity contribution in [2.45, 2.75) is 32.2 Å². The van der Waals surface area contributed by atoms with Gasteiger partial charge in [-0.3, -0.25) is 0 Å². The molecule has 0 amide bonds. The van der Waals surface area contributed by atoms with Crippen molar-refractivity contribution in [1.82, 2.24) is 10.6 Å². The van der Waals surface area contributed by atoms with Gasteiger partial charge in [0.25, 0.3) is 0 Å². The zero-order chi connectivity index (χ0) is 8.65. The van der Waals surface area contributed by atoms with Gasteiger partial charge in [-0.15, -0.1) is 0 Å². The lowest BCUT2D eigenvalue weighted by atomic mass is 10.1. The summed E-state index contributed by atoms with van der Waals surface area (Å²) in [6.45, 7) is 5.57. The second-order valence-corrected chi connectivity index (χ2v) is 3.31. The van der Waals surface area contributed by atoms with Crippen molar-refractivity contribution in [1.29, 1.82) is 0 Å². The lowest BCUT2D eigenvalue weighted by Crippen LogP contribution is -2.48. The van der Waals surface area contributed by atoms with E-state index in [0.717, 1.165) is 26.1 Å². The van der Waals surface area contributed by atoms with Crippen LogP contribution in [0.1, 0.15) is 26.2 Å². The van der Waals surface area contributed by atoms with E-state index in [4.69, 9.17) is 0 Å². The topological polar surface area (TPSA) is 24.1 Å². The maximum absolute atomic E-state index is 3.50. The van der Waals surface area contributed by atoms with Crippen molar-refractivity contribution in [2.24, 2.45) is 0 Å². The number of hydrogen-bond donors (Lipinski definition) is 2. The third-order valence-corrected chi connectivity index (χ3v) is 2.21. The van der Waals surface area contributed by atoms with Crippen molar-refractivity contribution in [3.8, 4) is 0 Å². The van der Waals surface area contributed by atoms with E-state index in [0.29, 0.717) is 6.04 Å². The van der Waals surface area contributed by atoms with E-state index in [9.17, 15) is 0 Å². The highest BCUT2D eigenvalue weighted by Gasteiger charge is 2.09. The fourth-order valence-corrected chi connectivity index (χ4v) is 1.50. The normalized spacial score (nSPS) is 24.9. The summed E-state index contributed by atoms with van der Waals surface area (Å²) in [5.41, 5.74) is 0. The van der Waals surface area contributed by atoms with Gasteiger partial charge < -0.3 is 10.6 Å². The Kier molecular flexibility index (Phi) is 5.04. The van der Waals surface area contributed by atoms with Crippen LogP contribution in [0.3, 0.4) is 0 Å². The van der Waals surface area contributed by atoms with E-state index in [1.54, 1.807) is 0 Å². The molecule has 0 radical (unpaired) electrons. The summed E-state index contributed by atoms with van der Waals surface area (Å²) in [6, 6.07) is 0.695. The van der Waals surface area contributed by atoms with Gasteiger partial charge in [0.2, 0.25) is 0 Å². The Morgan fingerprint density at radius 3 is 2.92 bits per heavy atom. The van der Waals surface area contributed by atoms with Gasteiger partial charge in [0, 0.05) is 25.7 Å². The molecule has 70 valence electrons. The van der Waals surface area contributed by atoms with Crippen LogP contribution in [0.2, 0.25) is 0 Å². The van der Waals surface area contributed by atoms with Crippen LogP contribution in [0.4, 0.5) is 0 Å². The minimum atomic E-state index is 0.695. The summed E-state index contributed by atoms with van der Waals surface area (Å²) < 4.78 is 0. The summed E-state index contributed by atoms with van der Waals surface area (Å²) in [5, 5.41) is 6.89. The average molecular weight is 168 g/mol. The molecule has 1 heterocycles. The molecule has 1 aliphatic rings. The van der Waals surface area contributed by atoms with Gasteiger partial charge in [-0.1, -0.05) is 19.1 Å². The van der Waals surface area contributed by atoms with Gasteiger partial charge in [-0.2, -0.15) is 0 Å². The van der Waals surface area contributed by atoms with Gasteiger partial charge in [0.1, 0.15) is 0 Å². The summed E-state index contributed by atoms with van der Waals surface area (Å²) in [5.74, 6) is 0. The summed E-state index contributed by atoms with van der Waals surface area (Å²) in [7, 11) is 0. The first-order valence-corrected chi connectivity index (χ1v) is 5.02. The third kappa shape index (κ3) is 3.88. The Morgan fingerprint density at radius 1 is 1.33 bits per heavy atom. The molecule has 0 spiro atoms. The first-order chi connectivity index (χ1) is 5.93. The van der Waals surface area contributed by atoms with Gasteiger partial charge in [0.05, 0.1) is 0 Å². The van der Waals surface area contributed by atoms with E-state index >= 15 is 0 Å². The third-order valence-electron chi connectivity index (χ3n) is 2.21. The van der Waals surface area contributed by atoms with Crippen molar-refractivity contribution in [3.63, 3.8) is 0 Å². The molecule has 0 aliphatic carbocycles. The second-order valence-electron chi connectivity index (χ2n) is 3.31. The Balaban J connectivity index is 2.01. The second kappa shape index (κ2) is 6.21. The summed E-state index contributed by atoms with van der Waals surface area (Å²) >= 11 is 0. The van der Waals surface area contributed by atoms with Crippen LogP contribution in [0.25, 0.3) is 0 Å². The predicted octanol–water partition coefficient (Wildman–Crippen LogP) is 1.29. The molecular weight excluding hydrogens is 148 g/mol. The molecule has 1 unspecified atom stereocenters. The highest BCUT2D eigenvalue weighted by molar-refractivity contribution is 4.84. The summed E-state index contributed by atoms with van der Waals surface area (Å²) in [4.78, 5) is 0. The van der Waals surface area contributed by atoms with Crippen LogP contribution in [0.5, 0.6) is 0 Å². The zero-order valence-electron chi connectivity index (χ0n) is 7.97. The first-order valence-electron chi connectivity index (χ1n) is 5.02. The Labute approximate surface area is 75.4 Å². The number of nitrogens with one attached hydrogen (secondary N) is 2. The fourth-order valence-electron chi connectivity index (χ4n) is 1.50. The predicted molar refractivity (Wildman–Crippen MR) is 53.3 cm³/mol. The van der Waals surface area contributed by atoms with Crippen molar-refractivity contribution < 1.29 is 0 Å². The van der Waals surface area contributed by atoms with Crippen LogP contribution in [-0.2, 0) is 0 Å². The molecule has 2 N–H and O–H groups in total. The fraction of sp³-hybridized carbons (Fsp3) is 0.800. The van der Waals surface area contributed by atoms with E-state index in [1.807, 2.05) is 0 Å². The Bertz CT molecular complexity index is 126. The molecule has 1 rings (SSSR count). The number of piperazine rings is 1. The molecule has 2 heteroatoms. The van der Waals surface area contributed by atoms with Crippen LogP contribution >= 0.6 is 0 Å². The molecule has 2 nitrogen and oxygen atoms in total. The highest BCUT2D eigenvalue weighted by Crippen LogP contribution is 1.99. The van der Waals surface area contributed by atoms with Gasteiger partial charge in [-0.05, 0) is 19.3 Å². The standard InChI is InChI=1S/C10H20N2/c1-2-3-4-5-6-10-9-11-7-8-12-10/h3-4,10-12H,2,5-9H2,1H3. The average Bonchev–Trinajstić information content (AvgIpc) is 2.14. The first kappa shape index (κ1) is 9.75. The molecule has 0 saturated carbocycles. The van der Waals surface area contributed by atoms with E-state index in [-0.39, 0.29) is 0 Å². The molecule has 0 bridgehead atoms. The molecule has 1 aliphatic heterocycles. The quantitative estimate of drug-likeness (QED) is 0.618. The van der Waals surface area contributed by atoms with E-state index in [1.165, 1.54) is 12.8 Å². The lowest BCUT2D eigenvalue weighted by molar-refractivity contribution is 0.401. The highest BCUT2D eigenvalue weighted by atomic mass is 15.0. The zero-order valence-corrected chi connectivity index (χ0v) is 7.97. The van der Waals surface area contributed by atoms with Crippen LogP contribution < -0.4 is 10.6 Å². The Hall–Kier alpha value is -0.340. The van der Waals surface area contributed by atoms with E-state index < -0.39 is 0 Å². The van der Waals surface area contributed by atoms with Crippen LogP contribution in [0, 0.1) is 0 Å². The summed E-state index contributed by atoms with van der Waals surface area (Å²) in [6.07, 6.45) is 8.18. The van der Waals surface area contributed by atoms with Crippen molar-refractivity contribution >= 4 is 0 Å². The molecular formula is C10H20N2. The van der Waals surface area contributed by atoms with Gasteiger partial charge in [-0.25, -0.2) is 0 Å². The maximum atomic E-state index is 3.50. The maximum Gasteiger partial charge on any atom is 0.0195 e. The van der Waals surface area contributed by atoms with Gasteiger partial charge in [0.15, 0.2) is 0 Å². The molecule has 0 aromatic rings. The molecule has 0 aromatic heterocycles. The molecule has 1 fully saturated rings. The van der Waals surface area contributed by atoms with E-state index in [2.05, 4.69) is 29.7 Å². The largest absolute Gasteiger partial charge is 0.314 e. The minimum absolute atomic E-state index is 0.695. The SMILES string of the molecule is CCC=CCCC1CNCCN1. The van der Waals surface area contributed by atoms with Crippen LogP contribution in [0.15, 0.2) is 12.2 Å². The minimum Gasteiger partial charge on any atom is -0.314 e.